The lowest BCUT2D eigenvalue weighted by Gasteiger charge is -2.34. The van der Waals surface area contributed by atoms with Crippen molar-refractivity contribution >= 4 is 5.96 Å². The van der Waals surface area contributed by atoms with E-state index in [0.717, 1.165) is 31.5 Å². The molecule has 2 fully saturated rings. The molecular formula is C18H37N5. The fourth-order valence-corrected chi connectivity index (χ4v) is 3.78. The molecule has 0 aromatic rings. The summed E-state index contributed by atoms with van der Waals surface area (Å²) in [6, 6.07) is 0. The molecule has 0 atom stereocenters. The van der Waals surface area contributed by atoms with Crippen molar-refractivity contribution in [3.05, 3.63) is 0 Å². The number of likely N-dealkylation sites (N-methyl/N-ethyl adjacent to an activating group) is 1. The minimum Gasteiger partial charge on any atom is -0.356 e. The molecule has 5 nitrogen and oxygen atoms in total. The van der Waals surface area contributed by atoms with Gasteiger partial charge in [-0.3, -0.25) is 9.89 Å². The smallest absolute Gasteiger partial charge is 0.191 e. The lowest BCUT2D eigenvalue weighted by atomic mass is 10.0. The van der Waals surface area contributed by atoms with Gasteiger partial charge in [0, 0.05) is 52.9 Å². The molecule has 5 heteroatoms. The van der Waals surface area contributed by atoms with Gasteiger partial charge in [0.1, 0.15) is 0 Å². The molecule has 2 N–H and O–H groups in total. The fourth-order valence-electron chi connectivity index (χ4n) is 3.78. The normalized spacial score (nSPS) is 21.7. The second-order valence-electron chi connectivity index (χ2n) is 6.99. The Morgan fingerprint density at radius 1 is 1.00 bits per heavy atom. The van der Waals surface area contributed by atoms with Gasteiger partial charge < -0.3 is 15.5 Å². The van der Waals surface area contributed by atoms with Crippen molar-refractivity contribution in [1.29, 1.82) is 0 Å². The molecule has 0 radical (unpaired) electrons. The van der Waals surface area contributed by atoms with Crippen LogP contribution in [0.5, 0.6) is 0 Å². The second-order valence-corrected chi connectivity index (χ2v) is 6.99. The molecule has 0 aromatic carbocycles. The minimum atomic E-state index is 0.962. The predicted molar refractivity (Wildman–Crippen MR) is 99.1 cm³/mol. The summed E-state index contributed by atoms with van der Waals surface area (Å²) in [6.45, 7) is 11.4. The predicted octanol–water partition coefficient (Wildman–Crippen LogP) is 1.76. The Morgan fingerprint density at radius 3 is 2.30 bits per heavy atom. The molecule has 1 heterocycles. The largest absolute Gasteiger partial charge is 0.356 e. The highest BCUT2D eigenvalue weighted by Crippen LogP contribution is 2.28. The molecule has 0 bridgehead atoms. The van der Waals surface area contributed by atoms with Gasteiger partial charge in [-0.15, -0.1) is 0 Å². The maximum absolute atomic E-state index is 4.33. The van der Waals surface area contributed by atoms with Crippen LogP contribution in [0.15, 0.2) is 4.99 Å². The molecule has 0 unspecified atom stereocenters. The van der Waals surface area contributed by atoms with E-state index in [4.69, 9.17) is 0 Å². The third kappa shape index (κ3) is 7.08. The Bertz CT molecular complexity index is 330. The monoisotopic (exact) mass is 323 g/mol. The van der Waals surface area contributed by atoms with Crippen molar-refractivity contribution in [3.63, 3.8) is 0 Å². The van der Waals surface area contributed by atoms with E-state index in [2.05, 4.69) is 32.3 Å². The number of piperazine rings is 1. The number of aliphatic imine (C=N–C) groups is 1. The van der Waals surface area contributed by atoms with E-state index >= 15 is 0 Å². The number of hydrogen-bond acceptors (Lipinski definition) is 3. The lowest BCUT2D eigenvalue weighted by Crippen LogP contribution is -2.49. The summed E-state index contributed by atoms with van der Waals surface area (Å²) in [4.78, 5) is 9.40. The molecular weight excluding hydrogens is 286 g/mol. The zero-order valence-electron chi connectivity index (χ0n) is 15.3. The Morgan fingerprint density at radius 2 is 1.65 bits per heavy atom. The zero-order valence-corrected chi connectivity index (χ0v) is 15.3. The van der Waals surface area contributed by atoms with Gasteiger partial charge in [0.2, 0.25) is 0 Å². The van der Waals surface area contributed by atoms with E-state index in [9.17, 15) is 0 Å². The molecule has 134 valence electrons. The summed E-state index contributed by atoms with van der Waals surface area (Å²) in [5.74, 6) is 1.96. The standard InChI is InChI=1S/C18H37N5/c1-3-22-13-15-23(16-14-22)12-11-21-18(19-2)20-10-6-9-17-7-4-5-8-17/h17H,3-16H2,1-2H3,(H2,19,20,21). The molecule has 0 amide bonds. The van der Waals surface area contributed by atoms with E-state index in [1.54, 1.807) is 0 Å². The summed E-state index contributed by atoms with van der Waals surface area (Å²) in [6.07, 6.45) is 8.47. The van der Waals surface area contributed by atoms with Gasteiger partial charge in [0.25, 0.3) is 0 Å². The Hall–Kier alpha value is -0.810. The molecule has 0 aromatic heterocycles. The molecule has 1 saturated heterocycles. The van der Waals surface area contributed by atoms with Gasteiger partial charge >= 0.3 is 0 Å². The first-order chi connectivity index (χ1) is 11.3. The third-order valence-electron chi connectivity index (χ3n) is 5.41. The Balaban J connectivity index is 1.49. The van der Waals surface area contributed by atoms with Crippen molar-refractivity contribution in [1.82, 2.24) is 20.4 Å². The third-order valence-corrected chi connectivity index (χ3v) is 5.41. The summed E-state index contributed by atoms with van der Waals surface area (Å²) in [5.41, 5.74) is 0. The number of nitrogens with zero attached hydrogens (tertiary/aromatic N) is 3. The van der Waals surface area contributed by atoms with Crippen LogP contribution in [0, 0.1) is 5.92 Å². The number of nitrogens with one attached hydrogen (secondary N) is 2. The highest BCUT2D eigenvalue weighted by atomic mass is 15.3. The van der Waals surface area contributed by atoms with Gasteiger partial charge in [0.05, 0.1) is 0 Å². The first-order valence-electron chi connectivity index (χ1n) is 9.71. The van der Waals surface area contributed by atoms with E-state index in [1.807, 2.05) is 7.05 Å². The van der Waals surface area contributed by atoms with Crippen molar-refractivity contribution in [2.45, 2.75) is 45.4 Å². The topological polar surface area (TPSA) is 42.9 Å². The van der Waals surface area contributed by atoms with Crippen LogP contribution in [-0.2, 0) is 0 Å². The summed E-state index contributed by atoms with van der Waals surface area (Å²) in [5, 5.41) is 6.91. The number of guanidine groups is 1. The lowest BCUT2D eigenvalue weighted by molar-refractivity contribution is 0.139. The molecule has 0 spiro atoms. The summed E-state index contributed by atoms with van der Waals surface area (Å²) in [7, 11) is 1.87. The van der Waals surface area contributed by atoms with E-state index in [1.165, 1.54) is 71.2 Å². The van der Waals surface area contributed by atoms with Crippen molar-refractivity contribution in [2.24, 2.45) is 10.9 Å². The van der Waals surface area contributed by atoms with Gasteiger partial charge in [-0.1, -0.05) is 32.6 Å². The molecule has 23 heavy (non-hydrogen) atoms. The summed E-state index contributed by atoms with van der Waals surface area (Å²) >= 11 is 0. The van der Waals surface area contributed by atoms with Crippen LogP contribution in [0.3, 0.4) is 0 Å². The molecule has 2 rings (SSSR count). The quantitative estimate of drug-likeness (QED) is 0.406. The van der Waals surface area contributed by atoms with Crippen LogP contribution in [0.1, 0.15) is 45.4 Å². The highest BCUT2D eigenvalue weighted by molar-refractivity contribution is 5.79. The van der Waals surface area contributed by atoms with Crippen molar-refractivity contribution < 1.29 is 0 Å². The van der Waals surface area contributed by atoms with E-state index in [-0.39, 0.29) is 0 Å². The van der Waals surface area contributed by atoms with Gasteiger partial charge in [0.15, 0.2) is 5.96 Å². The summed E-state index contributed by atoms with van der Waals surface area (Å²) < 4.78 is 0. The van der Waals surface area contributed by atoms with E-state index in [0.29, 0.717) is 0 Å². The number of rotatable bonds is 8. The fraction of sp³-hybridized carbons (Fsp3) is 0.944. The second kappa shape index (κ2) is 10.9. The first-order valence-corrected chi connectivity index (χ1v) is 9.71. The maximum Gasteiger partial charge on any atom is 0.191 e. The first kappa shape index (κ1) is 18.5. The van der Waals surface area contributed by atoms with Crippen LogP contribution < -0.4 is 10.6 Å². The highest BCUT2D eigenvalue weighted by Gasteiger charge is 2.15. The SMILES string of the molecule is CCN1CCN(CCNC(=NC)NCCCC2CCCC2)CC1. The van der Waals surface area contributed by atoms with E-state index < -0.39 is 0 Å². The maximum atomic E-state index is 4.33. The van der Waals surface area contributed by atoms with Crippen molar-refractivity contribution in [3.8, 4) is 0 Å². The average Bonchev–Trinajstić information content (AvgIpc) is 3.11. The Kier molecular flexibility index (Phi) is 8.76. The van der Waals surface area contributed by atoms with Crippen LogP contribution in [0.4, 0.5) is 0 Å². The van der Waals surface area contributed by atoms with Gasteiger partial charge in [-0.25, -0.2) is 0 Å². The Labute approximate surface area is 142 Å². The van der Waals surface area contributed by atoms with Gasteiger partial charge in [-0.2, -0.15) is 0 Å². The van der Waals surface area contributed by atoms with Crippen LogP contribution >= 0.6 is 0 Å². The molecule has 1 aliphatic heterocycles. The number of hydrogen-bond donors (Lipinski definition) is 2. The van der Waals surface area contributed by atoms with Crippen LogP contribution in [0.2, 0.25) is 0 Å². The molecule has 2 aliphatic rings. The molecule has 1 aliphatic carbocycles. The average molecular weight is 324 g/mol. The zero-order chi connectivity index (χ0) is 16.3. The van der Waals surface area contributed by atoms with Gasteiger partial charge in [-0.05, 0) is 25.3 Å². The molecule has 1 saturated carbocycles. The minimum absolute atomic E-state index is 0.962. The van der Waals surface area contributed by atoms with Crippen LogP contribution in [0.25, 0.3) is 0 Å². The van der Waals surface area contributed by atoms with Crippen molar-refractivity contribution in [2.75, 3.05) is 59.4 Å². The van der Waals surface area contributed by atoms with Crippen LogP contribution in [-0.4, -0.2) is 75.2 Å².